The number of esters is 3. The molecule has 1 unspecified atom stereocenters. The Bertz CT molecular complexity index is 1280. The van der Waals surface area contributed by atoms with Gasteiger partial charge in [-0.2, -0.15) is 0 Å². The van der Waals surface area contributed by atoms with Crippen LogP contribution in [-0.2, 0) is 28.6 Å². The summed E-state index contributed by atoms with van der Waals surface area (Å²) < 4.78 is 16.6. The van der Waals surface area contributed by atoms with Crippen LogP contribution in [0.15, 0.2) is 97.2 Å². The van der Waals surface area contributed by atoms with Crippen LogP contribution in [0.3, 0.4) is 0 Å². The number of unbranched alkanes of at least 4 members (excludes halogenated alkanes) is 22. The van der Waals surface area contributed by atoms with Crippen LogP contribution >= 0.6 is 0 Å². The fourth-order valence-electron chi connectivity index (χ4n) is 6.81. The molecule has 0 rings (SSSR count). The molecule has 0 saturated carbocycles. The first-order chi connectivity index (χ1) is 31.0. The van der Waals surface area contributed by atoms with Gasteiger partial charge >= 0.3 is 17.9 Å². The molecule has 6 heteroatoms. The molecule has 0 fully saturated rings. The van der Waals surface area contributed by atoms with Crippen LogP contribution < -0.4 is 0 Å². The molecule has 0 heterocycles. The monoisotopic (exact) mass is 875 g/mol. The Kier molecular flexibility index (Phi) is 48.0. The first kappa shape index (κ1) is 59.3. The van der Waals surface area contributed by atoms with Gasteiger partial charge in [0.25, 0.3) is 0 Å². The van der Waals surface area contributed by atoms with E-state index in [1.165, 1.54) is 128 Å². The minimum absolute atomic E-state index is 0.126. The van der Waals surface area contributed by atoms with Crippen molar-refractivity contribution in [1.82, 2.24) is 0 Å². The zero-order valence-corrected chi connectivity index (χ0v) is 40.8. The second-order valence-electron chi connectivity index (χ2n) is 16.8. The Labute approximate surface area is 387 Å². The fourth-order valence-corrected chi connectivity index (χ4v) is 6.81. The average molecular weight is 875 g/mol. The van der Waals surface area contributed by atoms with Gasteiger partial charge in [0.1, 0.15) is 13.2 Å². The molecule has 0 spiro atoms. The Hall–Kier alpha value is -3.67. The van der Waals surface area contributed by atoms with Crippen LogP contribution in [0.2, 0.25) is 0 Å². The Morgan fingerprint density at radius 1 is 0.349 bits per heavy atom. The minimum Gasteiger partial charge on any atom is -0.462 e. The van der Waals surface area contributed by atoms with Gasteiger partial charge in [-0.1, -0.05) is 227 Å². The van der Waals surface area contributed by atoms with Crippen molar-refractivity contribution < 1.29 is 28.6 Å². The van der Waals surface area contributed by atoms with Gasteiger partial charge in [0.2, 0.25) is 0 Å². The largest absolute Gasteiger partial charge is 0.462 e. The predicted octanol–water partition coefficient (Wildman–Crippen LogP) is 17.0. The summed E-state index contributed by atoms with van der Waals surface area (Å²) in [4.78, 5) is 37.9. The standard InChI is InChI=1S/C57H94O6/c1-4-7-10-13-16-19-22-25-26-27-28-29-30-33-35-38-41-44-47-50-56(59)62-53-54(63-57(60)51-48-45-42-39-36-32-24-21-18-15-12-9-6-3)52-61-55(58)49-46-43-40-37-34-31-23-20-17-14-11-8-5-2/h9,12,15,18,21,24,27-28,31-32,34,36,39-40,42-43,54H,4-8,10-11,13-14,16-17,19-20,22-23,25-26,29-30,33,35,37-38,41,44-53H2,1-3H3/b12-9+,18-15+,24-21+,28-27+,34-31+,36-32+,42-39+,43-40+. The molecule has 0 bridgehead atoms. The van der Waals surface area contributed by atoms with Crippen molar-refractivity contribution in [2.75, 3.05) is 13.2 Å². The van der Waals surface area contributed by atoms with Crippen molar-refractivity contribution in [2.24, 2.45) is 0 Å². The lowest BCUT2D eigenvalue weighted by molar-refractivity contribution is -0.166. The molecule has 0 aliphatic heterocycles. The van der Waals surface area contributed by atoms with E-state index in [1.807, 2.05) is 60.8 Å². The lowest BCUT2D eigenvalue weighted by Gasteiger charge is -2.18. The fraction of sp³-hybridized carbons (Fsp3) is 0.667. The first-order valence-corrected chi connectivity index (χ1v) is 25.8. The number of carbonyl (C=O) groups is 3. The van der Waals surface area contributed by atoms with E-state index in [-0.39, 0.29) is 38.0 Å². The van der Waals surface area contributed by atoms with Crippen LogP contribution in [-0.4, -0.2) is 37.2 Å². The topological polar surface area (TPSA) is 78.9 Å². The van der Waals surface area contributed by atoms with Crippen molar-refractivity contribution in [1.29, 1.82) is 0 Å². The van der Waals surface area contributed by atoms with Gasteiger partial charge in [0, 0.05) is 19.3 Å². The van der Waals surface area contributed by atoms with Gasteiger partial charge in [-0.05, 0) is 77.0 Å². The summed E-state index contributed by atoms with van der Waals surface area (Å²) in [5, 5.41) is 0. The molecule has 0 amide bonds. The van der Waals surface area contributed by atoms with Crippen molar-refractivity contribution in [3.8, 4) is 0 Å². The van der Waals surface area contributed by atoms with Gasteiger partial charge < -0.3 is 14.2 Å². The second kappa shape index (κ2) is 51.0. The maximum Gasteiger partial charge on any atom is 0.306 e. The average Bonchev–Trinajstić information content (AvgIpc) is 3.28. The van der Waals surface area contributed by atoms with E-state index in [1.54, 1.807) is 0 Å². The molecule has 6 nitrogen and oxygen atoms in total. The van der Waals surface area contributed by atoms with Gasteiger partial charge in [-0.3, -0.25) is 14.4 Å². The summed E-state index contributed by atoms with van der Waals surface area (Å²) >= 11 is 0. The maximum atomic E-state index is 12.7. The van der Waals surface area contributed by atoms with E-state index < -0.39 is 12.1 Å². The molecular formula is C57H94O6. The highest BCUT2D eigenvalue weighted by Crippen LogP contribution is 2.13. The third kappa shape index (κ3) is 49.2. The molecule has 0 aliphatic rings. The van der Waals surface area contributed by atoms with Crippen LogP contribution in [0, 0.1) is 0 Å². The van der Waals surface area contributed by atoms with E-state index in [0.29, 0.717) is 19.3 Å². The molecule has 63 heavy (non-hydrogen) atoms. The van der Waals surface area contributed by atoms with Gasteiger partial charge in [0.05, 0.1) is 0 Å². The van der Waals surface area contributed by atoms with E-state index >= 15 is 0 Å². The minimum atomic E-state index is -0.838. The van der Waals surface area contributed by atoms with Crippen molar-refractivity contribution in [2.45, 2.75) is 232 Å². The zero-order valence-electron chi connectivity index (χ0n) is 40.8. The maximum absolute atomic E-state index is 12.7. The van der Waals surface area contributed by atoms with Crippen LogP contribution in [0.25, 0.3) is 0 Å². The van der Waals surface area contributed by atoms with Gasteiger partial charge in [0.15, 0.2) is 6.10 Å². The molecule has 0 saturated heterocycles. The number of ether oxygens (including phenoxy) is 3. The highest BCUT2D eigenvalue weighted by Gasteiger charge is 2.19. The summed E-state index contributed by atoms with van der Waals surface area (Å²) in [5.74, 6) is -1.08. The van der Waals surface area contributed by atoms with Crippen molar-refractivity contribution in [3.63, 3.8) is 0 Å². The van der Waals surface area contributed by atoms with Crippen LogP contribution in [0.1, 0.15) is 226 Å². The first-order valence-electron chi connectivity index (χ1n) is 25.8. The van der Waals surface area contributed by atoms with E-state index in [0.717, 1.165) is 44.9 Å². The number of allylic oxidation sites excluding steroid dienone is 16. The summed E-state index contributed by atoms with van der Waals surface area (Å²) in [5.41, 5.74) is 0. The lowest BCUT2D eigenvalue weighted by Crippen LogP contribution is -2.30. The normalized spacial score (nSPS) is 12.9. The van der Waals surface area contributed by atoms with E-state index in [9.17, 15) is 14.4 Å². The van der Waals surface area contributed by atoms with Crippen molar-refractivity contribution >= 4 is 17.9 Å². The Balaban J connectivity index is 4.50. The Morgan fingerprint density at radius 3 is 1.24 bits per heavy atom. The second-order valence-corrected chi connectivity index (χ2v) is 16.8. The molecule has 0 N–H and O–H groups in total. The van der Waals surface area contributed by atoms with E-state index in [4.69, 9.17) is 14.2 Å². The summed E-state index contributed by atoms with van der Waals surface area (Å²) in [6.45, 7) is 6.36. The van der Waals surface area contributed by atoms with E-state index in [2.05, 4.69) is 57.2 Å². The summed E-state index contributed by atoms with van der Waals surface area (Å²) in [7, 11) is 0. The predicted molar refractivity (Wildman–Crippen MR) is 270 cm³/mol. The Morgan fingerprint density at radius 2 is 0.730 bits per heavy atom. The van der Waals surface area contributed by atoms with Crippen LogP contribution in [0.5, 0.6) is 0 Å². The molecule has 0 radical (unpaired) electrons. The smallest absolute Gasteiger partial charge is 0.306 e. The number of carbonyl (C=O) groups excluding carboxylic acids is 3. The number of rotatable bonds is 45. The summed E-state index contributed by atoms with van der Waals surface area (Å²) in [6, 6.07) is 0. The third-order valence-corrected chi connectivity index (χ3v) is 10.7. The molecule has 0 aromatic carbocycles. The highest BCUT2D eigenvalue weighted by molar-refractivity contribution is 5.71. The van der Waals surface area contributed by atoms with Crippen LogP contribution in [0.4, 0.5) is 0 Å². The zero-order chi connectivity index (χ0) is 45.8. The SMILES string of the molecule is CC/C=C/C=C/C=C/C=C/C=C/CCCC(=O)OC(COC(=O)CC/C=C/C/C=C/CCCCCCCC)COC(=O)CCCCCCCCC/C=C/CCCCCCCCCC. The molecule has 0 aliphatic carbocycles. The number of hydrogen-bond donors (Lipinski definition) is 0. The summed E-state index contributed by atoms with van der Waals surface area (Å²) in [6.07, 6.45) is 67.0. The lowest BCUT2D eigenvalue weighted by atomic mass is 10.1. The van der Waals surface area contributed by atoms with Crippen molar-refractivity contribution in [3.05, 3.63) is 97.2 Å². The van der Waals surface area contributed by atoms with Gasteiger partial charge in [-0.15, -0.1) is 0 Å². The highest BCUT2D eigenvalue weighted by atomic mass is 16.6. The van der Waals surface area contributed by atoms with Gasteiger partial charge in [-0.25, -0.2) is 0 Å². The molecule has 0 aromatic heterocycles. The molecule has 0 aromatic rings. The molecule has 358 valence electrons. The number of hydrogen-bond acceptors (Lipinski definition) is 6. The molecular weight excluding hydrogens is 781 g/mol. The molecule has 1 atom stereocenters. The quantitative estimate of drug-likeness (QED) is 0.0199. The third-order valence-electron chi connectivity index (χ3n) is 10.7.